The first-order valence-electron chi connectivity index (χ1n) is 8.26. The Morgan fingerprint density at radius 3 is 2.76 bits per heavy atom. The van der Waals surface area contributed by atoms with Gasteiger partial charge in [0, 0.05) is 33.2 Å². The van der Waals surface area contributed by atoms with Crippen LogP contribution in [0.3, 0.4) is 0 Å². The van der Waals surface area contributed by atoms with Crippen molar-refractivity contribution in [3.8, 4) is 0 Å². The molecule has 25 heavy (non-hydrogen) atoms. The summed E-state index contributed by atoms with van der Waals surface area (Å²) in [6.45, 7) is 2.04. The van der Waals surface area contributed by atoms with Gasteiger partial charge in [-0.2, -0.15) is 0 Å². The summed E-state index contributed by atoms with van der Waals surface area (Å²) in [5.41, 5.74) is 1.05. The molecule has 0 radical (unpaired) electrons. The molecule has 1 N–H and O–H groups in total. The molecule has 1 unspecified atom stereocenters. The summed E-state index contributed by atoms with van der Waals surface area (Å²) in [5, 5.41) is 2.65. The van der Waals surface area contributed by atoms with Gasteiger partial charge in [0.15, 0.2) is 5.58 Å². The van der Waals surface area contributed by atoms with Crippen LogP contribution in [0.5, 0.6) is 0 Å². The summed E-state index contributed by atoms with van der Waals surface area (Å²) < 4.78 is 6.50. The average Bonchev–Trinajstić information content (AvgIpc) is 2.78. The van der Waals surface area contributed by atoms with E-state index in [-0.39, 0.29) is 24.3 Å². The van der Waals surface area contributed by atoms with E-state index in [1.54, 1.807) is 36.2 Å². The number of nitrogens with zero attached hydrogens (tertiary/aromatic N) is 3. The molecule has 8 nitrogen and oxygen atoms in total. The lowest BCUT2D eigenvalue weighted by Crippen LogP contribution is -2.43. The Kier molecular flexibility index (Phi) is 4.89. The Morgan fingerprint density at radius 1 is 1.24 bits per heavy atom. The molecule has 1 aliphatic heterocycles. The van der Waals surface area contributed by atoms with Crippen molar-refractivity contribution >= 4 is 22.9 Å². The molecular weight excluding hydrogens is 324 g/mol. The molecule has 1 atom stereocenters. The maximum absolute atomic E-state index is 12.8. The number of benzene rings is 1. The summed E-state index contributed by atoms with van der Waals surface area (Å²) in [4.78, 5) is 40.5. The van der Waals surface area contributed by atoms with Crippen molar-refractivity contribution in [1.29, 1.82) is 0 Å². The molecule has 2 aromatic rings. The molecule has 134 valence electrons. The van der Waals surface area contributed by atoms with Gasteiger partial charge in [-0.15, -0.1) is 0 Å². The summed E-state index contributed by atoms with van der Waals surface area (Å²) in [6, 6.07) is 7.01. The highest BCUT2D eigenvalue weighted by Gasteiger charge is 2.28. The van der Waals surface area contributed by atoms with Crippen molar-refractivity contribution in [2.75, 3.05) is 40.3 Å². The lowest BCUT2D eigenvalue weighted by Gasteiger charge is -2.23. The zero-order valence-electron chi connectivity index (χ0n) is 14.4. The van der Waals surface area contributed by atoms with Crippen molar-refractivity contribution in [3.05, 3.63) is 34.8 Å². The van der Waals surface area contributed by atoms with E-state index in [1.807, 2.05) is 11.9 Å². The van der Waals surface area contributed by atoms with Crippen molar-refractivity contribution in [3.63, 3.8) is 0 Å². The van der Waals surface area contributed by atoms with E-state index < -0.39 is 5.76 Å². The molecule has 1 saturated heterocycles. The minimum Gasteiger partial charge on any atom is -0.408 e. The monoisotopic (exact) mass is 346 g/mol. The Labute approximate surface area is 145 Å². The Balaban J connectivity index is 1.80. The van der Waals surface area contributed by atoms with E-state index >= 15 is 0 Å². The number of amides is 2. The molecule has 3 rings (SSSR count). The summed E-state index contributed by atoms with van der Waals surface area (Å²) in [7, 11) is 3.52. The molecule has 1 aliphatic rings. The quantitative estimate of drug-likeness (QED) is 0.827. The zero-order valence-corrected chi connectivity index (χ0v) is 14.4. The molecule has 0 aliphatic carbocycles. The third-order valence-corrected chi connectivity index (χ3v) is 4.56. The number of rotatable bonds is 3. The number of carbonyl (C=O) groups is 2. The van der Waals surface area contributed by atoms with Crippen LogP contribution in [0, 0.1) is 5.92 Å². The van der Waals surface area contributed by atoms with Crippen LogP contribution < -0.4 is 11.1 Å². The number of fused-ring (bicyclic) bond motifs is 1. The van der Waals surface area contributed by atoms with Crippen LogP contribution in [-0.2, 0) is 16.1 Å². The zero-order chi connectivity index (χ0) is 18.0. The fraction of sp³-hybridized carbons (Fsp3) is 0.471. The van der Waals surface area contributed by atoms with Gasteiger partial charge < -0.3 is 19.5 Å². The van der Waals surface area contributed by atoms with Gasteiger partial charge in [0.05, 0.1) is 11.4 Å². The Hall–Kier alpha value is -2.61. The molecule has 0 bridgehead atoms. The third kappa shape index (κ3) is 3.58. The number of hydrogen-bond donors (Lipinski definition) is 1. The summed E-state index contributed by atoms with van der Waals surface area (Å²) >= 11 is 0. The van der Waals surface area contributed by atoms with Gasteiger partial charge in [0.25, 0.3) is 0 Å². The Morgan fingerprint density at radius 2 is 2.00 bits per heavy atom. The molecule has 8 heteroatoms. The number of nitrogens with one attached hydrogen (secondary N) is 1. The first kappa shape index (κ1) is 17.2. The van der Waals surface area contributed by atoms with E-state index in [2.05, 4.69) is 5.32 Å². The normalized spacial score (nSPS) is 19.0. The third-order valence-electron chi connectivity index (χ3n) is 4.56. The van der Waals surface area contributed by atoms with Crippen LogP contribution in [0.4, 0.5) is 0 Å². The number of likely N-dealkylation sites (N-methyl/N-ethyl adjacent to an activating group) is 1. The summed E-state index contributed by atoms with van der Waals surface area (Å²) in [5.74, 6) is -1.13. The van der Waals surface area contributed by atoms with Gasteiger partial charge in [-0.1, -0.05) is 12.1 Å². The lowest BCUT2D eigenvalue weighted by molar-refractivity contribution is -0.133. The molecule has 2 heterocycles. The first-order chi connectivity index (χ1) is 12.0. The van der Waals surface area contributed by atoms with Gasteiger partial charge in [0.1, 0.15) is 6.54 Å². The fourth-order valence-electron chi connectivity index (χ4n) is 3.17. The molecule has 1 aromatic carbocycles. The van der Waals surface area contributed by atoms with Crippen LogP contribution >= 0.6 is 0 Å². The second-order valence-corrected chi connectivity index (χ2v) is 6.34. The second-order valence-electron chi connectivity index (χ2n) is 6.34. The molecular formula is C17H22N4O4. The number of oxazole rings is 1. The van der Waals surface area contributed by atoms with Gasteiger partial charge in [-0.3, -0.25) is 14.2 Å². The Bertz CT molecular complexity index is 841. The molecule has 0 spiro atoms. The van der Waals surface area contributed by atoms with Crippen molar-refractivity contribution in [2.45, 2.75) is 6.54 Å². The minimum absolute atomic E-state index is 0.0857. The maximum atomic E-state index is 12.8. The number of carbonyl (C=O) groups excluding carboxylic acids is 2. The molecule has 1 aromatic heterocycles. The fourth-order valence-corrected chi connectivity index (χ4v) is 3.17. The topological polar surface area (TPSA) is 87.8 Å². The number of hydrogen-bond acceptors (Lipinski definition) is 5. The minimum atomic E-state index is -0.552. The highest BCUT2D eigenvalue weighted by Crippen LogP contribution is 2.13. The van der Waals surface area contributed by atoms with Gasteiger partial charge >= 0.3 is 5.76 Å². The van der Waals surface area contributed by atoms with Crippen LogP contribution in [0.2, 0.25) is 0 Å². The van der Waals surface area contributed by atoms with Crippen LogP contribution in [0.1, 0.15) is 0 Å². The molecule has 1 fully saturated rings. The second kappa shape index (κ2) is 7.10. The van der Waals surface area contributed by atoms with Gasteiger partial charge in [0.2, 0.25) is 11.8 Å². The van der Waals surface area contributed by atoms with Crippen molar-refractivity contribution < 1.29 is 14.0 Å². The van der Waals surface area contributed by atoms with Crippen LogP contribution in [0.25, 0.3) is 11.1 Å². The van der Waals surface area contributed by atoms with Gasteiger partial charge in [-0.25, -0.2) is 4.79 Å². The number of aromatic nitrogens is 1. The van der Waals surface area contributed by atoms with Crippen molar-refractivity contribution in [2.24, 2.45) is 5.92 Å². The lowest BCUT2D eigenvalue weighted by atomic mass is 10.1. The van der Waals surface area contributed by atoms with E-state index in [1.165, 1.54) is 4.57 Å². The average molecular weight is 346 g/mol. The largest absolute Gasteiger partial charge is 0.420 e. The van der Waals surface area contributed by atoms with Gasteiger partial charge in [-0.05, 0) is 19.2 Å². The smallest absolute Gasteiger partial charge is 0.408 e. The molecule has 2 amide bonds. The number of para-hydroxylation sites is 2. The predicted molar refractivity (Wildman–Crippen MR) is 92.1 cm³/mol. The van der Waals surface area contributed by atoms with E-state index in [9.17, 15) is 14.4 Å². The highest BCUT2D eigenvalue weighted by molar-refractivity contribution is 5.82. The van der Waals surface area contributed by atoms with Crippen LogP contribution in [0.15, 0.2) is 33.5 Å². The maximum Gasteiger partial charge on any atom is 0.420 e. The standard InChI is InChI=1S/C17H22N4O4/c1-18-16(23)12-9-19(2)7-8-20(10-12)15(22)11-21-13-5-3-4-6-14(13)25-17(21)24/h3-6,12H,7-11H2,1-2H3,(H,18,23). The first-order valence-corrected chi connectivity index (χ1v) is 8.26. The highest BCUT2D eigenvalue weighted by atomic mass is 16.4. The summed E-state index contributed by atoms with van der Waals surface area (Å²) in [6.07, 6.45) is 0. The predicted octanol–water partition coefficient (Wildman–Crippen LogP) is -0.269. The van der Waals surface area contributed by atoms with E-state index in [0.717, 1.165) is 0 Å². The van der Waals surface area contributed by atoms with Crippen LogP contribution in [-0.4, -0.2) is 66.5 Å². The SMILES string of the molecule is CNC(=O)C1CN(C)CCN(C(=O)Cn2c(=O)oc3ccccc32)C1. The van der Waals surface area contributed by atoms with Crippen molar-refractivity contribution in [1.82, 2.24) is 19.7 Å². The van der Waals surface area contributed by atoms with E-state index in [0.29, 0.717) is 37.3 Å². The van der Waals surface area contributed by atoms with E-state index in [4.69, 9.17) is 4.42 Å². The molecule has 0 saturated carbocycles.